The third-order valence-electron chi connectivity index (χ3n) is 2.52. The predicted molar refractivity (Wildman–Crippen MR) is 76.2 cm³/mol. The van der Waals surface area contributed by atoms with Crippen LogP contribution in [0.15, 0.2) is 53.8 Å². The normalized spacial score (nSPS) is 11.1. The van der Waals surface area contributed by atoms with Gasteiger partial charge in [-0.3, -0.25) is 4.98 Å². The van der Waals surface area contributed by atoms with Crippen LogP contribution >= 0.6 is 0 Å². The summed E-state index contributed by atoms with van der Waals surface area (Å²) < 4.78 is 5.08. The van der Waals surface area contributed by atoms with Crippen molar-refractivity contribution >= 4 is 11.6 Å². The number of rotatable bonds is 4. The average molecular weight is 256 g/mol. The van der Waals surface area contributed by atoms with Gasteiger partial charge in [0.05, 0.1) is 13.7 Å². The molecule has 5 nitrogen and oxygen atoms in total. The zero-order chi connectivity index (χ0) is 13.5. The zero-order valence-corrected chi connectivity index (χ0v) is 10.7. The Morgan fingerprint density at radius 1 is 1.32 bits per heavy atom. The van der Waals surface area contributed by atoms with Crippen molar-refractivity contribution in [2.75, 3.05) is 12.4 Å². The second-order valence-electron chi connectivity index (χ2n) is 3.92. The van der Waals surface area contributed by atoms with Gasteiger partial charge in [-0.05, 0) is 35.9 Å². The molecule has 0 radical (unpaired) electrons. The van der Waals surface area contributed by atoms with Gasteiger partial charge in [0.1, 0.15) is 5.75 Å². The topological polar surface area (TPSA) is 72.5 Å². The minimum absolute atomic E-state index is 0.369. The monoisotopic (exact) mass is 256 g/mol. The Morgan fingerprint density at radius 2 is 2.11 bits per heavy atom. The average Bonchev–Trinajstić information content (AvgIpc) is 2.47. The summed E-state index contributed by atoms with van der Waals surface area (Å²) >= 11 is 0. The minimum Gasteiger partial charge on any atom is -0.497 e. The van der Waals surface area contributed by atoms with Crippen molar-refractivity contribution in [3.05, 3.63) is 54.4 Å². The number of hydrogen-bond acceptors (Lipinski definition) is 3. The SMILES string of the molecule is COc1ccc(NC(N)=NCc2cccnc2)cc1. The molecule has 2 aromatic rings. The maximum atomic E-state index is 5.81. The molecule has 0 aliphatic heterocycles. The summed E-state index contributed by atoms with van der Waals surface area (Å²) in [5.74, 6) is 1.17. The smallest absolute Gasteiger partial charge is 0.193 e. The molecule has 0 aliphatic carbocycles. The standard InChI is InChI=1S/C14H16N4O/c1-19-13-6-4-12(5-7-13)18-14(15)17-10-11-3-2-8-16-9-11/h2-9H,10H2,1H3,(H3,15,17,18). The number of hydrogen-bond donors (Lipinski definition) is 2. The highest BCUT2D eigenvalue weighted by molar-refractivity contribution is 5.92. The maximum Gasteiger partial charge on any atom is 0.193 e. The van der Waals surface area contributed by atoms with E-state index in [1.54, 1.807) is 19.5 Å². The fourth-order valence-corrected chi connectivity index (χ4v) is 1.53. The van der Waals surface area contributed by atoms with Gasteiger partial charge in [-0.2, -0.15) is 0 Å². The van der Waals surface area contributed by atoms with Crippen LogP contribution in [-0.4, -0.2) is 18.1 Å². The van der Waals surface area contributed by atoms with E-state index in [1.807, 2.05) is 36.4 Å². The molecule has 5 heteroatoms. The molecule has 1 heterocycles. The van der Waals surface area contributed by atoms with Crippen LogP contribution in [0.3, 0.4) is 0 Å². The van der Waals surface area contributed by atoms with Crippen molar-refractivity contribution in [1.29, 1.82) is 0 Å². The molecule has 0 spiro atoms. The predicted octanol–water partition coefficient (Wildman–Crippen LogP) is 2.02. The first-order valence-corrected chi connectivity index (χ1v) is 5.88. The molecule has 0 fully saturated rings. The van der Waals surface area contributed by atoms with Crippen LogP contribution in [0.25, 0.3) is 0 Å². The van der Waals surface area contributed by atoms with E-state index in [4.69, 9.17) is 10.5 Å². The number of nitrogens with zero attached hydrogens (tertiary/aromatic N) is 2. The van der Waals surface area contributed by atoms with Gasteiger partial charge < -0.3 is 15.8 Å². The Labute approximate surface area is 112 Å². The third-order valence-corrected chi connectivity index (χ3v) is 2.52. The third kappa shape index (κ3) is 3.99. The van der Waals surface area contributed by atoms with E-state index in [-0.39, 0.29) is 0 Å². The summed E-state index contributed by atoms with van der Waals surface area (Å²) in [6, 6.07) is 11.3. The van der Waals surface area contributed by atoms with Crippen LogP contribution in [0.5, 0.6) is 5.75 Å². The van der Waals surface area contributed by atoms with Gasteiger partial charge in [0.25, 0.3) is 0 Å². The molecule has 19 heavy (non-hydrogen) atoms. The number of pyridine rings is 1. The Balaban J connectivity index is 1.94. The number of methoxy groups -OCH3 is 1. The Bertz CT molecular complexity index is 537. The molecule has 1 aromatic carbocycles. The van der Waals surface area contributed by atoms with Gasteiger partial charge in [0.2, 0.25) is 0 Å². The number of nitrogens with two attached hydrogens (primary N) is 1. The zero-order valence-electron chi connectivity index (χ0n) is 10.7. The first-order valence-electron chi connectivity index (χ1n) is 5.88. The van der Waals surface area contributed by atoms with Gasteiger partial charge in [0.15, 0.2) is 5.96 Å². The van der Waals surface area contributed by atoms with Crippen LogP contribution in [-0.2, 0) is 6.54 Å². The van der Waals surface area contributed by atoms with Crippen LogP contribution < -0.4 is 15.8 Å². The number of ether oxygens (including phenoxy) is 1. The maximum absolute atomic E-state index is 5.81. The number of aromatic nitrogens is 1. The van der Waals surface area contributed by atoms with E-state index >= 15 is 0 Å². The van der Waals surface area contributed by atoms with Gasteiger partial charge in [-0.15, -0.1) is 0 Å². The molecule has 3 N–H and O–H groups in total. The molecule has 1 aromatic heterocycles. The van der Waals surface area contributed by atoms with Crippen LogP contribution in [0.4, 0.5) is 5.69 Å². The summed E-state index contributed by atoms with van der Waals surface area (Å²) in [4.78, 5) is 8.27. The molecule has 0 saturated carbocycles. The molecular weight excluding hydrogens is 240 g/mol. The molecule has 0 bridgehead atoms. The lowest BCUT2D eigenvalue weighted by molar-refractivity contribution is 0.415. The molecule has 0 atom stereocenters. The Morgan fingerprint density at radius 3 is 2.74 bits per heavy atom. The summed E-state index contributed by atoms with van der Waals surface area (Å²) in [7, 11) is 1.63. The highest BCUT2D eigenvalue weighted by Gasteiger charge is 1.96. The van der Waals surface area contributed by atoms with Gasteiger partial charge >= 0.3 is 0 Å². The van der Waals surface area contributed by atoms with Crippen molar-refractivity contribution < 1.29 is 4.74 Å². The molecular formula is C14H16N4O. The van der Waals surface area contributed by atoms with E-state index < -0.39 is 0 Å². The summed E-state index contributed by atoms with van der Waals surface area (Å²) in [5, 5.41) is 3.02. The fourth-order valence-electron chi connectivity index (χ4n) is 1.53. The Hall–Kier alpha value is -2.56. The quantitative estimate of drug-likeness (QED) is 0.648. The molecule has 0 unspecified atom stereocenters. The van der Waals surface area contributed by atoms with E-state index in [2.05, 4.69) is 15.3 Å². The summed E-state index contributed by atoms with van der Waals surface area (Å²) in [6.07, 6.45) is 3.50. The van der Waals surface area contributed by atoms with Gasteiger partial charge in [-0.1, -0.05) is 6.07 Å². The largest absolute Gasteiger partial charge is 0.497 e. The molecule has 2 rings (SSSR count). The number of benzene rings is 1. The van der Waals surface area contributed by atoms with E-state index in [1.165, 1.54) is 0 Å². The lowest BCUT2D eigenvalue weighted by Gasteiger charge is -2.06. The lowest BCUT2D eigenvalue weighted by atomic mass is 10.3. The van der Waals surface area contributed by atoms with Gasteiger partial charge in [0, 0.05) is 18.1 Å². The van der Waals surface area contributed by atoms with Gasteiger partial charge in [-0.25, -0.2) is 4.99 Å². The second-order valence-corrected chi connectivity index (χ2v) is 3.92. The number of aliphatic imine (C=N–C) groups is 1. The summed E-state index contributed by atoms with van der Waals surface area (Å²) in [5.41, 5.74) is 7.70. The van der Waals surface area contributed by atoms with E-state index in [0.29, 0.717) is 12.5 Å². The second kappa shape index (κ2) is 6.39. The molecule has 0 saturated heterocycles. The van der Waals surface area contributed by atoms with Crippen molar-refractivity contribution in [2.45, 2.75) is 6.54 Å². The number of guanidine groups is 1. The van der Waals surface area contributed by atoms with Crippen molar-refractivity contribution in [3.8, 4) is 5.75 Å². The van der Waals surface area contributed by atoms with Crippen molar-refractivity contribution in [1.82, 2.24) is 4.98 Å². The van der Waals surface area contributed by atoms with Crippen LogP contribution in [0.1, 0.15) is 5.56 Å². The van der Waals surface area contributed by atoms with Crippen molar-refractivity contribution in [3.63, 3.8) is 0 Å². The van der Waals surface area contributed by atoms with Crippen molar-refractivity contribution in [2.24, 2.45) is 10.7 Å². The number of anilines is 1. The minimum atomic E-state index is 0.369. The van der Waals surface area contributed by atoms with E-state index in [0.717, 1.165) is 17.0 Å². The molecule has 0 aliphatic rings. The highest BCUT2D eigenvalue weighted by Crippen LogP contribution is 2.14. The first-order chi connectivity index (χ1) is 9.28. The molecule has 0 amide bonds. The Kier molecular flexibility index (Phi) is 4.34. The van der Waals surface area contributed by atoms with Crippen LogP contribution in [0, 0.1) is 0 Å². The fraction of sp³-hybridized carbons (Fsp3) is 0.143. The van der Waals surface area contributed by atoms with Crippen LogP contribution in [0.2, 0.25) is 0 Å². The first kappa shape index (κ1) is 12.9. The number of nitrogens with one attached hydrogen (secondary N) is 1. The van der Waals surface area contributed by atoms with E-state index in [9.17, 15) is 0 Å². The highest BCUT2D eigenvalue weighted by atomic mass is 16.5. The molecule has 98 valence electrons. The summed E-state index contributed by atoms with van der Waals surface area (Å²) in [6.45, 7) is 0.503. The lowest BCUT2D eigenvalue weighted by Crippen LogP contribution is -2.22.